The van der Waals surface area contributed by atoms with Crippen LogP contribution in [0.25, 0.3) is 0 Å². The van der Waals surface area contributed by atoms with Gasteiger partial charge in [0.15, 0.2) is 0 Å². The molecule has 1 spiro atoms. The monoisotopic (exact) mass is 304 g/mol. The molecule has 0 aromatic rings. The Morgan fingerprint density at radius 1 is 1.45 bits per heavy atom. The minimum absolute atomic E-state index is 0.224. The standard InChI is InChI=1S/C12H20N2O5S/c1-11(2,3)19-10(15)14-5-8-4-9-12(7-14,18-8)6-13-20(9,16)17/h8-9,13H,4-7H2,1-3H3/t8-,9?,12?/m1/s1. The van der Waals surface area contributed by atoms with Gasteiger partial charge in [-0.3, -0.25) is 0 Å². The van der Waals surface area contributed by atoms with Gasteiger partial charge in [0.2, 0.25) is 10.0 Å². The van der Waals surface area contributed by atoms with Gasteiger partial charge in [0, 0.05) is 6.54 Å². The van der Waals surface area contributed by atoms with E-state index in [1.807, 2.05) is 20.8 Å². The minimum Gasteiger partial charge on any atom is -0.444 e. The first-order chi connectivity index (χ1) is 9.11. The Morgan fingerprint density at radius 3 is 2.80 bits per heavy atom. The molecule has 0 aromatic heterocycles. The van der Waals surface area contributed by atoms with E-state index in [1.165, 1.54) is 0 Å². The fraction of sp³-hybridized carbons (Fsp3) is 0.917. The zero-order chi connectivity index (χ0) is 14.8. The molecule has 2 bridgehead atoms. The van der Waals surface area contributed by atoms with Gasteiger partial charge in [0.25, 0.3) is 0 Å². The summed E-state index contributed by atoms with van der Waals surface area (Å²) in [7, 11) is -3.33. The first-order valence-corrected chi connectivity index (χ1v) is 8.30. The zero-order valence-electron chi connectivity index (χ0n) is 11.9. The molecule has 2 unspecified atom stereocenters. The van der Waals surface area contributed by atoms with Crippen LogP contribution in [0.3, 0.4) is 0 Å². The number of likely N-dealkylation sites (tertiary alicyclic amines) is 1. The van der Waals surface area contributed by atoms with Crippen LogP contribution in [0.4, 0.5) is 4.79 Å². The van der Waals surface area contributed by atoms with Gasteiger partial charge in [0.1, 0.15) is 16.5 Å². The van der Waals surface area contributed by atoms with Crippen molar-refractivity contribution < 1.29 is 22.7 Å². The van der Waals surface area contributed by atoms with Gasteiger partial charge in [-0.15, -0.1) is 0 Å². The molecule has 3 saturated heterocycles. The predicted molar refractivity (Wildman–Crippen MR) is 70.7 cm³/mol. The fourth-order valence-corrected chi connectivity index (χ4v) is 5.10. The average molecular weight is 304 g/mol. The lowest BCUT2D eigenvalue weighted by atomic mass is 10.00. The summed E-state index contributed by atoms with van der Waals surface area (Å²) in [6.07, 6.45) is -0.192. The van der Waals surface area contributed by atoms with Crippen molar-refractivity contribution in [1.29, 1.82) is 0 Å². The number of sulfonamides is 1. The van der Waals surface area contributed by atoms with Crippen molar-refractivity contribution in [3.63, 3.8) is 0 Å². The van der Waals surface area contributed by atoms with Crippen molar-refractivity contribution in [3.05, 3.63) is 0 Å². The average Bonchev–Trinajstić information content (AvgIpc) is 2.68. The molecule has 3 heterocycles. The van der Waals surface area contributed by atoms with Crippen molar-refractivity contribution in [3.8, 4) is 0 Å². The molecular formula is C12H20N2O5S. The quantitative estimate of drug-likeness (QED) is 0.684. The van der Waals surface area contributed by atoms with Crippen LogP contribution in [0.2, 0.25) is 0 Å². The number of hydrogen-bond acceptors (Lipinski definition) is 5. The van der Waals surface area contributed by atoms with E-state index in [1.54, 1.807) is 4.90 Å². The van der Waals surface area contributed by atoms with E-state index in [9.17, 15) is 13.2 Å². The summed E-state index contributed by atoms with van der Waals surface area (Å²) < 4.78 is 37.7. The van der Waals surface area contributed by atoms with Gasteiger partial charge in [-0.25, -0.2) is 17.9 Å². The highest BCUT2D eigenvalue weighted by molar-refractivity contribution is 7.90. The van der Waals surface area contributed by atoms with Crippen LogP contribution < -0.4 is 4.72 Å². The molecule has 1 amide bonds. The highest BCUT2D eigenvalue weighted by atomic mass is 32.2. The largest absolute Gasteiger partial charge is 0.444 e. The zero-order valence-corrected chi connectivity index (χ0v) is 12.7. The van der Waals surface area contributed by atoms with Gasteiger partial charge >= 0.3 is 6.09 Å². The van der Waals surface area contributed by atoms with Crippen LogP contribution in [0.1, 0.15) is 27.2 Å². The van der Waals surface area contributed by atoms with Crippen molar-refractivity contribution in [2.45, 2.75) is 49.7 Å². The van der Waals surface area contributed by atoms with Crippen molar-refractivity contribution in [1.82, 2.24) is 9.62 Å². The summed E-state index contributed by atoms with van der Waals surface area (Å²) in [6.45, 7) is 6.31. The highest BCUT2D eigenvalue weighted by Crippen LogP contribution is 2.43. The maximum absolute atomic E-state index is 12.2. The maximum Gasteiger partial charge on any atom is 0.410 e. The van der Waals surface area contributed by atoms with Crippen LogP contribution >= 0.6 is 0 Å². The van der Waals surface area contributed by atoms with E-state index < -0.39 is 32.6 Å². The Labute approximate surface area is 118 Å². The van der Waals surface area contributed by atoms with Crippen LogP contribution in [0, 0.1) is 0 Å². The molecule has 8 heteroatoms. The molecule has 3 aliphatic rings. The number of carbonyl (C=O) groups is 1. The lowest BCUT2D eigenvalue weighted by molar-refractivity contribution is -0.101. The molecular weight excluding hydrogens is 284 g/mol. The third kappa shape index (κ3) is 2.19. The van der Waals surface area contributed by atoms with Gasteiger partial charge in [-0.2, -0.15) is 0 Å². The molecule has 0 saturated carbocycles. The Kier molecular flexibility index (Phi) is 2.88. The van der Waals surface area contributed by atoms with Gasteiger partial charge in [0.05, 0.1) is 19.2 Å². The summed E-state index contributed by atoms with van der Waals surface area (Å²) in [6, 6.07) is 0. The summed E-state index contributed by atoms with van der Waals surface area (Å²) in [5.41, 5.74) is -1.37. The van der Waals surface area contributed by atoms with Gasteiger partial charge in [-0.1, -0.05) is 0 Å². The number of carbonyl (C=O) groups excluding carboxylic acids is 1. The van der Waals surface area contributed by atoms with Crippen LogP contribution in [0.5, 0.6) is 0 Å². The molecule has 3 fully saturated rings. The molecule has 0 radical (unpaired) electrons. The lowest BCUT2D eigenvalue weighted by Crippen LogP contribution is -2.57. The molecule has 114 valence electrons. The van der Waals surface area contributed by atoms with Crippen molar-refractivity contribution in [2.24, 2.45) is 0 Å². The third-order valence-electron chi connectivity index (χ3n) is 3.95. The van der Waals surface area contributed by atoms with Crippen molar-refractivity contribution in [2.75, 3.05) is 19.6 Å². The summed E-state index contributed by atoms with van der Waals surface area (Å²) in [4.78, 5) is 13.7. The number of nitrogens with zero attached hydrogens (tertiary/aromatic N) is 1. The second-order valence-electron chi connectivity index (χ2n) is 6.76. The molecule has 0 aliphatic carbocycles. The number of amides is 1. The number of morpholine rings is 1. The molecule has 7 nitrogen and oxygen atoms in total. The van der Waals surface area contributed by atoms with E-state index >= 15 is 0 Å². The molecule has 3 aliphatic heterocycles. The Bertz CT molecular complexity index is 541. The number of nitrogens with one attached hydrogen (secondary N) is 1. The highest BCUT2D eigenvalue weighted by Gasteiger charge is 2.63. The number of fused-ring (bicyclic) bond motifs is 1. The summed E-state index contributed by atoms with van der Waals surface area (Å²) >= 11 is 0. The summed E-state index contributed by atoms with van der Waals surface area (Å²) in [5, 5.41) is -0.563. The third-order valence-corrected chi connectivity index (χ3v) is 5.86. The lowest BCUT2D eigenvalue weighted by Gasteiger charge is -2.39. The smallest absolute Gasteiger partial charge is 0.410 e. The fourth-order valence-electron chi connectivity index (χ4n) is 3.20. The molecule has 1 N–H and O–H groups in total. The molecule has 3 rings (SSSR count). The number of ether oxygens (including phenoxy) is 2. The Hall–Kier alpha value is -0.860. The van der Waals surface area contributed by atoms with E-state index in [0.29, 0.717) is 13.0 Å². The van der Waals surface area contributed by atoms with Gasteiger partial charge < -0.3 is 14.4 Å². The molecule has 3 atom stereocenters. The Balaban J connectivity index is 1.79. The Morgan fingerprint density at radius 2 is 2.15 bits per heavy atom. The summed E-state index contributed by atoms with van der Waals surface area (Å²) in [5.74, 6) is 0. The van der Waals surface area contributed by atoms with Crippen molar-refractivity contribution >= 4 is 16.1 Å². The van der Waals surface area contributed by atoms with Crippen LogP contribution in [-0.2, 0) is 19.5 Å². The normalized spacial score (nSPS) is 38.6. The second-order valence-corrected chi connectivity index (χ2v) is 8.70. The van der Waals surface area contributed by atoms with Gasteiger partial charge in [-0.05, 0) is 27.2 Å². The first-order valence-electron chi connectivity index (χ1n) is 6.76. The number of hydrogen-bond donors (Lipinski definition) is 1. The number of rotatable bonds is 0. The van der Waals surface area contributed by atoms with E-state index in [2.05, 4.69) is 4.72 Å². The first kappa shape index (κ1) is 14.1. The van der Waals surface area contributed by atoms with E-state index in [4.69, 9.17) is 9.47 Å². The molecule has 0 aromatic carbocycles. The minimum atomic E-state index is -3.33. The molecule has 20 heavy (non-hydrogen) atoms. The second kappa shape index (κ2) is 4.08. The van der Waals surface area contributed by atoms with Crippen LogP contribution in [0.15, 0.2) is 0 Å². The van der Waals surface area contributed by atoms with Crippen LogP contribution in [-0.4, -0.2) is 61.6 Å². The SMILES string of the molecule is CC(C)(C)OC(=O)N1C[C@H]2CC3C(CNS3(=O)=O)(C1)O2. The van der Waals surface area contributed by atoms with E-state index in [0.717, 1.165) is 0 Å². The van der Waals surface area contributed by atoms with E-state index in [-0.39, 0.29) is 19.2 Å². The maximum atomic E-state index is 12.2. The predicted octanol–water partition coefficient (Wildman–Crippen LogP) is 0.0664. The topological polar surface area (TPSA) is 84.9 Å².